The zero-order valence-corrected chi connectivity index (χ0v) is 14.6. The van der Waals surface area contributed by atoms with Crippen LogP contribution in [0.2, 0.25) is 0 Å². The Morgan fingerprint density at radius 2 is 1.88 bits per heavy atom. The summed E-state index contributed by atoms with van der Waals surface area (Å²) in [5.41, 5.74) is 5.74. The minimum Gasteiger partial charge on any atom is -0.491 e. The summed E-state index contributed by atoms with van der Waals surface area (Å²) >= 11 is 0. The first-order valence-electron chi connectivity index (χ1n) is 8.40. The number of aryl methyl sites for hydroxylation is 3. The summed E-state index contributed by atoms with van der Waals surface area (Å²) in [6.45, 7) is 7.88. The van der Waals surface area contributed by atoms with Gasteiger partial charge in [0.2, 0.25) is 0 Å². The number of hydrogen-bond donors (Lipinski definition) is 1. The third-order valence-electron chi connectivity index (χ3n) is 4.36. The fraction of sp³-hybridized carbons (Fsp3) is 0.350. The fourth-order valence-corrected chi connectivity index (χ4v) is 3.35. The van der Waals surface area contributed by atoms with Gasteiger partial charge in [-0.25, -0.2) is 4.79 Å². The van der Waals surface area contributed by atoms with Crippen LogP contribution in [0, 0.1) is 20.8 Å². The standard InChI is InChI=1S/C20H24N2O2/c1-14-12-15(2)19(16(3)13-14)24-11-9-21-20(23)22-10-8-17-6-4-5-7-18(17)22/h4-7,12-13H,8-11H2,1-3H3,(H,21,23). The smallest absolute Gasteiger partial charge is 0.322 e. The molecule has 0 bridgehead atoms. The molecule has 1 heterocycles. The predicted molar refractivity (Wildman–Crippen MR) is 97.0 cm³/mol. The van der Waals surface area contributed by atoms with Crippen molar-refractivity contribution >= 4 is 11.7 Å². The van der Waals surface area contributed by atoms with E-state index >= 15 is 0 Å². The maximum atomic E-state index is 12.4. The minimum atomic E-state index is -0.0547. The molecule has 126 valence electrons. The molecule has 3 rings (SSSR count). The van der Waals surface area contributed by atoms with Crippen LogP contribution in [0.25, 0.3) is 0 Å². The van der Waals surface area contributed by atoms with Crippen molar-refractivity contribution in [1.82, 2.24) is 5.32 Å². The van der Waals surface area contributed by atoms with Gasteiger partial charge in [0.15, 0.2) is 0 Å². The number of fused-ring (bicyclic) bond motifs is 1. The van der Waals surface area contributed by atoms with Crippen LogP contribution >= 0.6 is 0 Å². The topological polar surface area (TPSA) is 41.6 Å². The van der Waals surface area contributed by atoms with Gasteiger partial charge in [-0.15, -0.1) is 0 Å². The average molecular weight is 324 g/mol. The van der Waals surface area contributed by atoms with Crippen molar-refractivity contribution in [2.75, 3.05) is 24.6 Å². The van der Waals surface area contributed by atoms with E-state index in [9.17, 15) is 4.79 Å². The number of anilines is 1. The highest BCUT2D eigenvalue weighted by Gasteiger charge is 2.23. The van der Waals surface area contributed by atoms with Crippen LogP contribution in [-0.4, -0.2) is 25.7 Å². The fourth-order valence-electron chi connectivity index (χ4n) is 3.35. The van der Waals surface area contributed by atoms with Crippen LogP contribution in [0.4, 0.5) is 10.5 Å². The molecule has 0 fully saturated rings. The van der Waals surface area contributed by atoms with Gasteiger partial charge in [-0.1, -0.05) is 35.9 Å². The Balaban J connectivity index is 1.52. The molecule has 0 unspecified atom stereocenters. The van der Waals surface area contributed by atoms with Gasteiger partial charge in [0.25, 0.3) is 0 Å². The van der Waals surface area contributed by atoms with E-state index in [4.69, 9.17) is 4.74 Å². The molecule has 0 radical (unpaired) electrons. The van der Waals surface area contributed by atoms with Crippen molar-refractivity contribution in [3.63, 3.8) is 0 Å². The summed E-state index contributed by atoms with van der Waals surface area (Å²) in [6.07, 6.45) is 0.919. The summed E-state index contributed by atoms with van der Waals surface area (Å²) in [7, 11) is 0. The second kappa shape index (κ2) is 6.95. The molecule has 0 atom stereocenters. The molecule has 0 saturated heterocycles. The summed E-state index contributed by atoms with van der Waals surface area (Å²) in [5.74, 6) is 0.918. The highest BCUT2D eigenvalue weighted by atomic mass is 16.5. The van der Waals surface area contributed by atoms with Crippen molar-refractivity contribution in [1.29, 1.82) is 0 Å². The van der Waals surface area contributed by atoms with Crippen LogP contribution in [0.15, 0.2) is 36.4 Å². The van der Waals surface area contributed by atoms with Gasteiger partial charge in [0.05, 0.1) is 6.54 Å². The molecule has 2 aromatic carbocycles. The van der Waals surface area contributed by atoms with E-state index in [1.54, 1.807) is 4.90 Å². The Labute approximate surface area is 143 Å². The number of benzene rings is 2. The van der Waals surface area contributed by atoms with Gasteiger partial charge in [0, 0.05) is 12.2 Å². The molecule has 24 heavy (non-hydrogen) atoms. The minimum absolute atomic E-state index is 0.0547. The number of rotatable bonds is 4. The van der Waals surface area contributed by atoms with E-state index in [-0.39, 0.29) is 6.03 Å². The van der Waals surface area contributed by atoms with Gasteiger partial charge in [-0.2, -0.15) is 0 Å². The highest BCUT2D eigenvalue weighted by molar-refractivity contribution is 5.94. The summed E-state index contributed by atoms with van der Waals surface area (Å²) in [4.78, 5) is 14.2. The lowest BCUT2D eigenvalue weighted by molar-refractivity contribution is 0.242. The van der Waals surface area contributed by atoms with E-state index in [1.807, 2.05) is 18.2 Å². The molecule has 4 heteroatoms. The monoisotopic (exact) mass is 324 g/mol. The Morgan fingerprint density at radius 1 is 1.17 bits per heavy atom. The van der Waals surface area contributed by atoms with E-state index in [1.165, 1.54) is 11.1 Å². The number of carbonyl (C=O) groups is 1. The molecule has 0 saturated carbocycles. The third kappa shape index (κ3) is 3.37. The molecule has 0 aromatic heterocycles. The molecule has 2 amide bonds. The van der Waals surface area contributed by atoms with Crippen LogP contribution in [-0.2, 0) is 6.42 Å². The van der Waals surface area contributed by atoms with Gasteiger partial charge in [-0.05, 0) is 49.9 Å². The number of para-hydroxylation sites is 1. The Kier molecular flexibility index (Phi) is 4.74. The molecule has 1 N–H and O–H groups in total. The lowest BCUT2D eigenvalue weighted by Gasteiger charge is -2.18. The molecule has 4 nitrogen and oxygen atoms in total. The molecular formula is C20H24N2O2. The first-order chi connectivity index (χ1) is 11.6. The predicted octanol–water partition coefficient (Wildman–Crippen LogP) is 3.76. The molecule has 1 aliphatic heterocycles. The van der Waals surface area contributed by atoms with E-state index in [0.29, 0.717) is 13.2 Å². The van der Waals surface area contributed by atoms with E-state index in [2.05, 4.69) is 44.3 Å². The third-order valence-corrected chi connectivity index (χ3v) is 4.36. The number of nitrogens with one attached hydrogen (secondary N) is 1. The SMILES string of the molecule is Cc1cc(C)c(OCCNC(=O)N2CCc3ccccc32)c(C)c1. The number of carbonyl (C=O) groups excluding carboxylic acids is 1. The van der Waals surface area contributed by atoms with Crippen molar-refractivity contribution in [3.8, 4) is 5.75 Å². The van der Waals surface area contributed by atoms with Crippen molar-refractivity contribution in [2.45, 2.75) is 27.2 Å². The second-order valence-corrected chi connectivity index (χ2v) is 6.34. The van der Waals surface area contributed by atoms with Crippen molar-refractivity contribution < 1.29 is 9.53 Å². The van der Waals surface area contributed by atoms with Crippen molar-refractivity contribution in [2.24, 2.45) is 0 Å². The van der Waals surface area contributed by atoms with E-state index in [0.717, 1.165) is 35.5 Å². The van der Waals surface area contributed by atoms with Gasteiger partial charge < -0.3 is 10.1 Å². The summed E-state index contributed by atoms with van der Waals surface area (Å²) < 4.78 is 5.87. The number of ether oxygens (including phenoxy) is 1. The normalized spacial score (nSPS) is 12.9. The molecule has 0 spiro atoms. The Morgan fingerprint density at radius 3 is 2.62 bits per heavy atom. The lowest BCUT2D eigenvalue weighted by Crippen LogP contribution is -2.40. The average Bonchev–Trinajstić information content (AvgIpc) is 2.97. The Hall–Kier alpha value is -2.49. The highest BCUT2D eigenvalue weighted by Crippen LogP contribution is 2.27. The van der Waals surface area contributed by atoms with Crippen LogP contribution in [0.1, 0.15) is 22.3 Å². The second-order valence-electron chi connectivity index (χ2n) is 6.34. The molecular weight excluding hydrogens is 300 g/mol. The molecule has 0 aliphatic carbocycles. The maximum Gasteiger partial charge on any atom is 0.322 e. The van der Waals surface area contributed by atoms with Crippen LogP contribution in [0.5, 0.6) is 5.75 Å². The maximum absolute atomic E-state index is 12.4. The van der Waals surface area contributed by atoms with Crippen molar-refractivity contribution in [3.05, 3.63) is 58.7 Å². The zero-order chi connectivity index (χ0) is 17.1. The molecule has 2 aromatic rings. The summed E-state index contributed by atoms with van der Waals surface area (Å²) in [5, 5.41) is 2.95. The Bertz CT molecular complexity index is 732. The summed E-state index contributed by atoms with van der Waals surface area (Å²) in [6, 6.07) is 12.2. The van der Waals surface area contributed by atoms with E-state index < -0.39 is 0 Å². The number of nitrogens with zero attached hydrogens (tertiary/aromatic N) is 1. The van der Waals surface area contributed by atoms with Gasteiger partial charge in [-0.3, -0.25) is 4.90 Å². The first-order valence-corrected chi connectivity index (χ1v) is 8.40. The van der Waals surface area contributed by atoms with Gasteiger partial charge >= 0.3 is 6.03 Å². The quantitative estimate of drug-likeness (QED) is 0.870. The number of urea groups is 1. The largest absolute Gasteiger partial charge is 0.491 e. The van der Waals surface area contributed by atoms with Crippen LogP contribution in [0.3, 0.4) is 0 Å². The zero-order valence-electron chi connectivity index (χ0n) is 14.6. The molecule has 1 aliphatic rings. The van der Waals surface area contributed by atoms with Gasteiger partial charge in [0.1, 0.15) is 12.4 Å². The van der Waals surface area contributed by atoms with Crippen LogP contribution < -0.4 is 15.0 Å². The lowest BCUT2D eigenvalue weighted by atomic mass is 10.1. The first kappa shape index (κ1) is 16.4. The number of amides is 2. The number of hydrogen-bond acceptors (Lipinski definition) is 2.